The summed E-state index contributed by atoms with van der Waals surface area (Å²) < 4.78 is 0. The normalized spacial score (nSPS) is 18.7. The molecule has 0 heterocycles. The Balaban J connectivity index is 1.48. The number of hydrogen-bond acceptors (Lipinski definition) is 2. The number of aliphatic hydroxyl groups excluding tert-OH is 1. The lowest BCUT2D eigenvalue weighted by atomic mass is 9.84. The van der Waals surface area contributed by atoms with Crippen LogP contribution in [0.2, 0.25) is 5.02 Å². The predicted molar refractivity (Wildman–Crippen MR) is 91.2 cm³/mol. The maximum Gasteiger partial charge on any atom is 0.0914 e. The Bertz CT molecular complexity index is 628. The van der Waals surface area contributed by atoms with E-state index in [1.807, 2.05) is 24.3 Å². The van der Waals surface area contributed by atoms with Gasteiger partial charge in [-0.1, -0.05) is 48.0 Å². The lowest BCUT2D eigenvalue weighted by molar-refractivity contribution is 0.172. The van der Waals surface area contributed by atoms with E-state index in [2.05, 4.69) is 29.6 Å². The molecule has 0 radical (unpaired) electrons. The second-order valence-corrected chi connectivity index (χ2v) is 6.54. The van der Waals surface area contributed by atoms with Crippen LogP contribution in [0.3, 0.4) is 0 Å². The zero-order chi connectivity index (χ0) is 15.4. The van der Waals surface area contributed by atoms with Crippen LogP contribution in [-0.2, 0) is 12.8 Å². The maximum absolute atomic E-state index is 10.2. The Morgan fingerprint density at radius 3 is 2.77 bits per heavy atom. The molecule has 22 heavy (non-hydrogen) atoms. The van der Waals surface area contributed by atoms with Gasteiger partial charge in [0.1, 0.15) is 0 Å². The van der Waals surface area contributed by atoms with Crippen molar-refractivity contribution in [3.8, 4) is 0 Å². The average Bonchev–Trinajstić information content (AvgIpc) is 2.54. The van der Waals surface area contributed by atoms with Gasteiger partial charge in [0.25, 0.3) is 0 Å². The third-order valence-electron chi connectivity index (χ3n) is 4.45. The number of benzene rings is 2. The molecule has 0 fully saturated rings. The first kappa shape index (κ1) is 15.5. The van der Waals surface area contributed by atoms with Crippen LogP contribution in [0.5, 0.6) is 0 Å². The Hall–Kier alpha value is -1.35. The molecule has 2 nitrogen and oxygen atoms in total. The lowest BCUT2D eigenvalue weighted by Crippen LogP contribution is -2.30. The van der Waals surface area contributed by atoms with Gasteiger partial charge >= 0.3 is 0 Å². The molecule has 0 aromatic heterocycles. The van der Waals surface area contributed by atoms with Crippen molar-refractivity contribution >= 4 is 11.6 Å². The number of rotatable bonds is 5. The fourth-order valence-corrected chi connectivity index (χ4v) is 3.40. The molecule has 2 aromatic rings. The number of hydrogen-bond donors (Lipinski definition) is 2. The maximum atomic E-state index is 10.2. The highest BCUT2D eigenvalue weighted by atomic mass is 35.5. The van der Waals surface area contributed by atoms with Crippen LogP contribution in [0, 0.1) is 5.92 Å². The van der Waals surface area contributed by atoms with Crippen LogP contribution in [0.15, 0.2) is 48.5 Å². The van der Waals surface area contributed by atoms with Crippen LogP contribution in [0.25, 0.3) is 0 Å². The summed E-state index contributed by atoms with van der Waals surface area (Å²) in [4.78, 5) is 0. The van der Waals surface area contributed by atoms with E-state index in [9.17, 15) is 5.11 Å². The van der Waals surface area contributed by atoms with Crippen molar-refractivity contribution in [1.82, 2.24) is 5.32 Å². The summed E-state index contributed by atoms with van der Waals surface area (Å²) >= 11 is 5.96. The van der Waals surface area contributed by atoms with Crippen molar-refractivity contribution in [3.05, 3.63) is 70.2 Å². The molecule has 2 atom stereocenters. The van der Waals surface area contributed by atoms with Gasteiger partial charge in [-0.25, -0.2) is 0 Å². The molecule has 0 aliphatic heterocycles. The third-order valence-corrected chi connectivity index (χ3v) is 4.69. The minimum Gasteiger partial charge on any atom is -0.387 e. The van der Waals surface area contributed by atoms with Crippen LogP contribution in [-0.4, -0.2) is 18.2 Å². The first-order valence-electron chi connectivity index (χ1n) is 7.93. The van der Waals surface area contributed by atoms with Crippen molar-refractivity contribution < 1.29 is 5.11 Å². The zero-order valence-electron chi connectivity index (χ0n) is 12.6. The summed E-state index contributed by atoms with van der Waals surface area (Å²) in [5.74, 6) is 0.654. The third kappa shape index (κ3) is 3.89. The molecule has 3 heteroatoms. The topological polar surface area (TPSA) is 32.3 Å². The quantitative estimate of drug-likeness (QED) is 0.880. The summed E-state index contributed by atoms with van der Waals surface area (Å²) in [6, 6.07) is 16.2. The molecule has 1 aliphatic rings. The van der Waals surface area contributed by atoms with Crippen LogP contribution in [0.1, 0.15) is 29.2 Å². The van der Waals surface area contributed by atoms with Crippen LogP contribution < -0.4 is 5.32 Å². The highest BCUT2D eigenvalue weighted by Crippen LogP contribution is 2.25. The van der Waals surface area contributed by atoms with Crippen molar-refractivity contribution in [1.29, 1.82) is 0 Å². The monoisotopic (exact) mass is 315 g/mol. The Kier molecular flexibility index (Phi) is 5.14. The van der Waals surface area contributed by atoms with Gasteiger partial charge in [-0.3, -0.25) is 0 Å². The summed E-state index contributed by atoms with van der Waals surface area (Å²) in [7, 11) is 0. The van der Waals surface area contributed by atoms with Gasteiger partial charge < -0.3 is 10.4 Å². The van der Waals surface area contributed by atoms with E-state index in [0.717, 1.165) is 18.5 Å². The fourth-order valence-electron chi connectivity index (χ4n) is 3.20. The molecule has 2 unspecified atom stereocenters. The molecule has 0 amide bonds. The molecular weight excluding hydrogens is 294 g/mol. The van der Waals surface area contributed by atoms with Gasteiger partial charge in [0.05, 0.1) is 6.10 Å². The van der Waals surface area contributed by atoms with E-state index in [1.165, 1.54) is 24.0 Å². The van der Waals surface area contributed by atoms with E-state index in [4.69, 9.17) is 11.6 Å². The summed E-state index contributed by atoms with van der Waals surface area (Å²) in [5.41, 5.74) is 3.85. The van der Waals surface area contributed by atoms with Gasteiger partial charge in [-0.05, 0) is 60.5 Å². The minimum absolute atomic E-state index is 0.505. The lowest BCUT2D eigenvalue weighted by Gasteiger charge is -2.25. The van der Waals surface area contributed by atoms with Gasteiger partial charge in [-0.15, -0.1) is 0 Å². The fraction of sp³-hybridized carbons (Fsp3) is 0.368. The first-order chi connectivity index (χ1) is 10.7. The second-order valence-electron chi connectivity index (χ2n) is 6.11. The minimum atomic E-state index is -0.505. The Labute approximate surface area is 137 Å². The molecule has 2 N–H and O–H groups in total. The van der Waals surface area contributed by atoms with Crippen LogP contribution in [0.4, 0.5) is 0 Å². The first-order valence-corrected chi connectivity index (χ1v) is 8.31. The second kappa shape index (κ2) is 7.28. The molecule has 0 bridgehead atoms. The molecule has 0 saturated carbocycles. The van der Waals surface area contributed by atoms with E-state index in [0.29, 0.717) is 17.5 Å². The Morgan fingerprint density at radius 2 is 1.95 bits per heavy atom. The predicted octanol–water partition coefficient (Wildman–Crippen LogP) is 3.77. The van der Waals surface area contributed by atoms with Gasteiger partial charge in [0.2, 0.25) is 0 Å². The standard InChI is InChI=1S/C19H22ClNO/c20-18-7-3-6-17(11-18)19(22)13-21-12-14-8-9-15-4-1-2-5-16(15)10-14/h1-7,11,14,19,21-22H,8-10,12-13H2. The smallest absolute Gasteiger partial charge is 0.0914 e. The SMILES string of the molecule is OC(CNCC1CCc2ccccc2C1)c1cccc(Cl)c1. The largest absolute Gasteiger partial charge is 0.387 e. The molecule has 0 saturated heterocycles. The van der Waals surface area contributed by atoms with E-state index in [-0.39, 0.29) is 0 Å². The van der Waals surface area contributed by atoms with Crippen LogP contribution >= 0.6 is 11.6 Å². The van der Waals surface area contributed by atoms with Crippen molar-refractivity contribution in [2.75, 3.05) is 13.1 Å². The van der Waals surface area contributed by atoms with Crippen molar-refractivity contribution in [3.63, 3.8) is 0 Å². The van der Waals surface area contributed by atoms with Gasteiger partial charge in [0, 0.05) is 11.6 Å². The molecule has 3 rings (SSSR count). The van der Waals surface area contributed by atoms with Gasteiger partial charge in [-0.2, -0.15) is 0 Å². The van der Waals surface area contributed by atoms with E-state index >= 15 is 0 Å². The summed E-state index contributed by atoms with van der Waals surface area (Å²) in [6.07, 6.45) is 3.02. The average molecular weight is 316 g/mol. The highest BCUT2D eigenvalue weighted by Gasteiger charge is 2.18. The van der Waals surface area contributed by atoms with Gasteiger partial charge in [0.15, 0.2) is 0 Å². The Morgan fingerprint density at radius 1 is 1.14 bits per heavy atom. The molecule has 0 spiro atoms. The molecule has 116 valence electrons. The van der Waals surface area contributed by atoms with E-state index in [1.54, 1.807) is 0 Å². The molecule has 2 aromatic carbocycles. The number of nitrogens with one attached hydrogen (secondary N) is 1. The molecular formula is C19H22ClNO. The summed E-state index contributed by atoms with van der Waals surface area (Å²) in [6.45, 7) is 1.52. The van der Waals surface area contributed by atoms with Crippen molar-refractivity contribution in [2.45, 2.75) is 25.4 Å². The highest BCUT2D eigenvalue weighted by molar-refractivity contribution is 6.30. The zero-order valence-corrected chi connectivity index (χ0v) is 13.4. The molecule has 1 aliphatic carbocycles. The summed E-state index contributed by atoms with van der Waals surface area (Å²) in [5, 5.41) is 14.3. The van der Waals surface area contributed by atoms with Crippen molar-refractivity contribution in [2.24, 2.45) is 5.92 Å². The number of fused-ring (bicyclic) bond motifs is 1. The number of aryl methyl sites for hydroxylation is 1. The van der Waals surface area contributed by atoms with E-state index < -0.39 is 6.10 Å². The number of aliphatic hydroxyl groups is 1. The number of halogens is 1.